The van der Waals surface area contributed by atoms with Gasteiger partial charge in [-0.05, 0) is 42.0 Å². The summed E-state index contributed by atoms with van der Waals surface area (Å²) in [5.74, 6) is -0.136. The first kappa shape index (κ1) is 15.1. The second-order valence-corrected chi connectivity index (χ2v) is 4.66. The molecular weight excluding hydrogens is 293 g/mol. The van der Waals surface area contributed by atoms with Gasteiger partial charge in [0.25, 0.3) is 0 Å². The van der Waals surface area contributed by atoms with Crippen molar-refractivity contribution in [1.29, 1.82) is 0 Å². The van der Waals surface area contributed by atoms with Crippen molar-refractivity contribution in [1.82, 2.24) is 0 Å². The van der Waals surface area contributed by atoms with Crippen molar-refractivity contribution in [2.24, 2.45) is 0 Å². The minimum atomic E-state index is -0.333. The molecule has 2 aromatic rings. The summed E-state index contributed by atoms with van der Waals surface area (Å²) in [5.41, 5.74) is 1.21. The molecule has 0 bridgehead atoms. The van der Waals surface area contributed by atoms with Crippen molar-refractivity contribution in [3.05, 3.63) is 64.9 Å². The van der Waals surface area contributed by atoms with Gasteiger partial charge in [-0.2, -0.15) is 0 Å². The number of ether oxygens (including phenoxy) is 1. The number of carbonyl (C=O) groups is 1. The molecule has 0 spiro atoms. The van der Waals surface area contributed by atoms with E-state index in [4.69, 9.17) is 16.3 Å². The molecular formula is C16H13ClFNO2. The minimum absolute atomic E-state index is 0.319. The lowest BCUT2D eigenvalue weighted by molar-refractivity contribution is -0.111. The molecule has 0 atom stereocenters. The van der Waals surface area contributed by atoms with Gasteiger partial charge >= 0.3 is 0 Å². The molecule has 0 unspecified atom stereocenters. The fourth-order valence-electron chi connectivity index (χ4n) is 1.70. The molecule has 2 rings (SSSR count). The van der Waals surface area contributed by atoms with Gasteiger partial charge in [0.2, 0.25) is 5.91 Å². The summed E-state index contributed by atoms with van der Waals surface area (Å²) < 4.78 is 17.9. The molecule has 108 valence electrons. The Labute approximate surface area is 127 Å². The summed E-state index contributed by atoms with van der Waals surface area (Å²) in [5, 5.41) is 3.17. The molecule has 5 heteroatoms. The van der Waals surface area contributed by atoms with Crippen LogP contribution in [-0.4, -0.2) is 13.0 Å². The molecule has 0 aliphatic heterocycles. The molecule has 0 aliphatic carbocycles. The van der Waals surface area contributed by atoms with E-state index in [2.05, 4.69) is 5.32 Å². The molecule has 0 fully saturated rings. The maximum atomic E-state index is 12.8. The SMILES string of the molecule is COc1ccc(Cl)cc1NC(=O)C=Cc1ccc(F)cc1. The second kappa shape index (κ2) is 6.90. The average molecular weight is 306 g/mol. The monoisotopic (exact) mass is 305 g/mol. The molecule has 3 nitrogen and oxygen atoms in total. The number of hydrogen-bond acceptors (Lipinski definition) is 2. The lowest BCUT2D eigenvalue weighted by atomic mass is 10.2. The quantitative estimate of drug-likeness (QED) is 0.862. The standard InChI is InChI=1S/C16H13ClFNO2/c1-21-15-8-5-12(17)10-14(15)19-16(20)9-4-11-2-6-13(18)7-3-11/h2-10H,1H3,(H,19,20). The van der Waals surface area contributed by atoms with Gasteiger partial charge < -0.3 is 10.1 Å². The minimum Gasteiger partial charge on any atom is -0.495 e. The lowest BCUT2D eigenvalue weighted by Crippen LogP contribution is -2.08. The van der Waals surface area contributed by atoms with Crippen LogP contribution in [0, 0.1) is 5.82 Å². The van der Waals surface area contributed by atoms with Gasteiger partial charge in [-0.1, -0.05) is 23.7 Å². The third-order valence-electron chi connectivity index (χ3n) is 2.72. The van der Waals surface area contributed by atoms with Crippen LogP contribution in [0.2, 0.25) is 5.02 Å². The number of benzene rings is 2. The molecule has 0 aromatic heterocycles. The number of rotatable bonds is 4. The van der Waals surface area contributed by atoms with E-state index >= 15 is 0 Å². The highest BCUT2D eigenvalue weighted by molar-refractivity contribution is 6.31. The van der Waals surface area contributed by atoms with Crippen molar-refractivity contribution in [2.45, 2.75) is 0 Å². The Balaban J connectivity index is 2.08. The van der Waals surface area contributed by atoms with Crippen LogP contribution in [-0.2, 0) is 4.79 Å². The Morgan fingerprint density at radius 3 is 2.62 bits per heavy atom. The summed E-state index contributed by atoms with van der Waals surface area (Å²) in [6.07, 6.45) is 2.94. The summed E-state index contributed by atoms with van der Waals surface area (Å²) >= 11 is 5.88. The van der Waals surface area contributed by atoms with E-state index in [-0.39, 0.29) is 11.7 Å². The average Bonchev–Trinajstić information content (AvgIpc) is 2.47. The lowest BCUT2D eigenvalue weighted by Gasteiger charge is -2.08. The number of halogens is 2. The van der Waals surface area contributed by atoms with E-state index < -0.39 is 0 Å². The maximum Gasteiger partial charge on any atom is 0.248 e. The van der Waals surface area contributed by atoms with E-state index in [0.29, 0.717) is 16.5 Å². The topological polar surface area (TPSA) is 38.3 Å². The maximum absolute atomic E-state index is 12.8. The Bertz CT molecular complexity index is 668. The molecule has 1 N–H and O–H groups in total. The van der Waals surface area contributed by atoms with Crippen molar-refractivity contribution < 1.29 is 13.9 Å². The predicted octanol–water partition coefficient (Wildman–Crippen LogP) is 4.14. The van der Waals surface area contributed by atoms with E-state index in [9.17, 15) is 9.18 Å². The van der Waals surface area contributed by atoms with Crippen LogP contribution in [0.5, 0.6) is 5.75 Å². The molecule has 0 saturated heterocycles. The molecule has 21 heavy (non-hydrogen) atoms. The van der Waals surface area contributed by atoms with E-state index in [1.165, 1.54) is 25.3 Å². The molecule has 0 saturated carbocycles. The molecule has 0 heterocycles. The van der Waals surface area contributed by atoms with E-state index in [1.54, 1.807) is 36.4 Å². The second-order valence-electron chi connectivity index (χ2n) is 4.22. The number of hydrogen-bond donors (Lipinski definition) is 1. The van der Waals surface area contributed by atoms with Gasteiger partial charge in [-0.15, -0.1) is 0 Å². The predicted molar refractivity (Wildman–Crippen MR) is 82.1 cm³/mol. The van der Waals surface area contributed by atoms with Crippen LogP contribution >= 0.6 is 11.6 Å². The van der Waals surface area contributed by atoms with Gasteiger partial charge in [0, 0.05) is 11.1 Å². The molecule has 0 aliphatic rings. The molecule has 2 aromatic carbocycles. The van der Waals surface area contributed by atoms with Crippen LogP contribution in [0.25, 0.3) is 6.08 Å². The fourth-order valence-corrected chi connectivity index (χ4v) is 1.87. The third kappa shape index (κ3) is 4.33. The molecule has 0 radical (unpaired) electrons. The highest BCUT2D eigenvalue weighted by atomic mass is 35.5. The fraction of sp³-hybridized carbons (Fsp3) is 0.0625. The first-order valence-electron chi connectivity index (χ1n) is 6.16. The van der Waals surface area contributed by atoms with Crippen molar-refractivity contribution in [3.8, 4) is 5.75 Å². The third-order valence-corrected chi connectivity index (χ3v) is 2.95. The van der Waals surface area contributed by atoms with Crippen LogP contribution in [0.4, 0.5) is 10.1 Å². The zero-order valence-electron chi connectivity index (χ0n) is 11.3. The van der Waals surface area contributed by atoms with Crippen molar-refractivity contribution >= 4 is 29.3 Å². The van der Waals surface area contributed by atoms with Gasteiger partial charge in [0.15, 0.2) is 0 Å². The summed E-state index contributed by atoms with van der Waals surface area (Å²) in [7, 11) is 1.51. The number of anilines is 1. The zero-order valence-corrected chi connectivity index (χ0v) is 12.0. The van der Waals surface area contributed by atoms with E-state index in [1.807, 2.05) is 0 Å². The van der Waals surface area contributed by atoms with E-state index in [0.717, 1.165) is 5.56 Å². The first-order valence-corrected chi connectivity index (χ1v) is 6.54. The normalized spacial score (nSPS) is 10.6. The molecule has 1 amide bonds. The summed E-state index contributed by atoms with van der Waals surface area (Å²) in [6.45, 7) is 0. The van der Waals surface area contributed by atoms with Crippen molar-refractivity contribution in [2.75, 3.05) is 12.4 Å². The smallest absolute Gasteiger partial charge is 0.248 e. The van der Waals surface area contributed by atoms with Crippen LogP contribution in [0.1, 0.15) is 5.56 Å². The highest BCUT2D eigenvalue weighted by Crippen LogP contribution is 2.27. The number of methoxy groups -OCH3 is 1. The summed E-state index contributed by atoms with van der Waals surface area (Å²) in [6, 6.07) is 10.8. The largest absolute Gasteiger partial charge is 0.495 e. The zero-order chi connectivity index (χ0) is 15.2. The Morgan fingerprint density at radius 2 is 1.95 bits per heavy atom. The number of carbonyl (C=O) groups excluding carboxylic acids is 1. The Morgan fingerprint density at radius 1 is 1.24 bits per heavy atom. The Kier molecular flexibility index (Phi) is 4.95. The van der Waals surface area contributed by atoms with Gasteiger partial charge in [-0.25, -0.2) is 4.39 Å². The van der Waals surface area contributed by atoms with Gasteiger partial charge in [0.05, 0.1) is 12.8 Å². The van der Waals surface area contributed by atoms with Gasteiger partial charge in [0.1, 0.15) is 11.6 Å². The van der Waals surface area contributed by atoms with Crippen LogP contribution in [0.15, 0.2) is 48.5 Å². The number of amides is 1. The Hall–Kier alpha value is -2.33. The van der Waals surface area contributed by atoms with Crippen LogP contribution in [0.3, 0.4) is 0 Å². The first-order chi connectivity index (χ1) is 10.1. The van der Waals surface area contributed by atoms with Crippen molar-refractivity contribution in [3.63, 3.8) is 0 Å². The van der Waals surface area contributed by atoms with Gasteiger partial charge in [-0.3, -0.25) is 4.79 Å². The summed E-state index contributed by atoms with van der Waals surface area (Å²) in [4.78, 5) is 11.9. The van der Waals surface area contributed by atoms with Crippen LogP contribution < -0.4 is 10.1 Å². The highest BCUT2D eigenvalue weighted by Gasteiger charge is 2.06. The number of nitrogens with one attached hydrogen (secondary N) is 1.